The number of hydrogen-bond acceptors (Lipinski definition) is 4. The molecule has 1 unspecified atom stereocenters. The maximum Gasteiger partial charge on any atom is 0.373 e. The van der Waals surface area contributed by atoms with E-state index in [0.717, 1.165) is 0 Å². The molecule has 0 aromatic heterocycles. The Labute approximate surface area is 75.3 Å². The van der Waals surface area contributed by atoms with Gasteiger partial charge in [-0.2, -0.15) is 8.42 Å². The van der Waals surface area contributed by atoms with Crippen LogP contribution in [0.25, 0.3) is 0 Å². The second-order valence-electron chi connectivity index (χ2n) is 2.85. The molecule has 0 fully saturated rings. The van der Waals surface area contributed by atoms with Gasteiger partial charge in [-0.1, -0.05) is 13.8 Å². The smallest absolute Gasteiger partial charge is 0.373 e. The van der Waals surface area contributed by atoms with Gasteiger partial charge in [0.25, 0.3) is 15.9 Å². The molecule has 2 N–H and O–H groups in total. The summed E-state index contributed by atoms with van der Waals surface area (Å²) in [5.41, 5.74) is 0. The summed E-state index contributed by atoms with van der Waals surface area (Å²) in [5, 5.41) is 6.36. The summed E-state index contributed by atoms with van der Waals surface area (Å²) >= 11 is 0. The molecule has 0 spiro atoms. The fourth-order valence-corrected chi connectivity index (χ4v) is 1.96. The zero-order chi connectivity index (χ0) is 10.8. The van der Waals surface area contributed by atoms with E-state index < -0.39 is 33.0 Å². The van der Waals surface area contributed by atoms with Crippen LogP contribution >= 0.6 is 0 Å². The molecule has 76 valence electrons. The normalized spacial score (nSPS) is 14.2. The van der Waals surface area contributed by atoms with E-state index in [9.17, 15) is 18.0 Å². The van der Waals surface area contributed by atoms with E-state index in [-0.39, 0.29) is 0 Å². The van der Waals surface area contributed by atoms with Gasteiger partial charge in [0.05, 0.1) is 0 Å². The molecule has 0 heterocycles. The minimum absolute atomic E-state index is 0.779. The first-order chi connectivity index (χ1) is 5.68. The van der Waals surface area contributed by atoms with Crippen LogP contribution in [-0.4, -0.2) is 35.1 Å². The van der Waals surface area contributed by atoms with Crippen LogP contribution in [0, 0.1) is 5.92 Å². The standard InChI is InChI=1S/C6H10O6S/c1-3(2)5(13(10,11)12)4(7)6(8)9/h3,5H,1-2H3,(H,8,9)(H,10,11,12). The van der Waals surface area contributed by atoms with Crippen molar-refractivity contribution >= 4 is 21.9 Å². The van der Waals surface area contributed by atoms with E-state index in [1.807, 2.05) is 0 Å². The fourth-order valence-electron chi connectivity index (χ4n) is 0.904. The highest BCUT2D eigenvalue weighted by Crippen LogP contribution is 2.12. The van der Waals surface area contributed by atoms with E-state index in [2.05, 4.69) is 0 Å². The van der Waals surface area contributed by atoms with Crippen molar-refractivity contribution < 1.29 is 27.7 Å². The molecule has 0 aliphatic heterocycles. The highest BCUT2D eigenvalue weighted by Gasteiger charge is 2.37. The largest absolute Gasteiger partial charge is 0.475 e. The van der Waals surface area contributed by atoms with Crippen molar-refractivity contribution in [2.75, 3.05) is 0 Å². The van der Waals surface area contributed by atoms with E-state index in [1.54, 1.807) is 0 Å². The monoisotopic (exact) mass is 210 g/mol. The van der Waals surface area contributed by atoms with Crippen LogP contribution in [0.5, 0.6) is 0 Å². The zero-order valence-electron chi connectivity index (χ0n) is 7.09. The summed E-state index contributed by atoms with van der Waals surface area (Å²) in [6.45, 7) is 2.67. The molecule has 0 aliphatic carbocycles. The molecule has 13 heavy (non-hydrogen) atoms. The molecule has 0 aromatic rings. The van der Waals surface area contributed by atoms with Gasteiger partial charge < -0.3 is 5.11 Å². The van der Waals surface area contributed by atoms with Crippen LogP contribution in [0.3, 0.4) is 0 Å². The number of aliphatic carboxylic acids is 1. The van der Waals surface area contributed by atoms with Crippen LogP contribution in [0.4, 0.5) is 0 Å². The van der Waals surface area contributed by atoms with Crippen molar-refractivity contribution in [2.45, 2.75) is 19.1 Å². The van der Waals surface area contributed by atoms with Gasteiger partial charge in [0.1, 0.15) is 0 Å². The van der Waals surface area contributed by atoms with Crippen molar-refractivity contribution in [3.63, 3.8) is 0 Å². The molecule has 7 heteroatoms. The molecule has 0 amide bonds. The topological polar surface area (TPSA) is 109 Å². The summed E-state index contributed by atoms with van der Waals surface area (Å²) in [6, 6.07) is 0. The Morgan fingerprint density at radius 2 is 1.62 bits per heavy atom. The van der Waals surface area contributed by atoms with Gasteiger partial charge in [0.15, 0.2) is 5.25 Å². The second kappa shape index (κ2) is 3.84. The highest BCUT2D eigenvalue weighted by molar-refractivity contribution is 7.87. The first kappa shape index (κ1) is 12.0. The van der Waals surface area contributed by atoms with Crippen molar-refractivity contribution in [2.24, 2.45) is 5.92 Å². The number of ketones is 1. The third-order valence-electron chi connectivity index (χ3n) is 1.40. The van der Waals surface area contributed by atoms with Crippen molar-refractivity contribution in [1.29, 1.82) is 0 Å². The number of carboxylic acids is 1. The molecular formula is C6H10O6S. The average molecular weight is 210 g/mol. The average Bonchev–Trinajstić information content (AvgIpc) is 1.82. The summed E-state index contributed by atoms with van der Waals surface area (Å²) in [5.74, 6) is -4.16. The Hall–Kier alpha value is -0.950. The molecular weight excluding hydrogens is 200 g/mol. The molecule has 0 aromatic carbocycles. The number of carbonyl (C=O) groups excluding carboxylic acids is 1. The van der Waals surface area contributed by atoms with Gasteiger partial charge in [-0.3, -0.25) is 9.35 Å². The Morgan fingerprint density at radius 3 is 1.69 bits per heavy atom. The van der Waals surface area contributed by atoms with Gasteiger partial charge in [0.2, 0.25) is 0 Å². The third kappa shape index (κ3) is 3.11. The summed E-state index contributed by atoms with van der Waals surface area (Å²) < 4.78 is 29.7. The lowest BCUT2D eigenvalue weighted by Gasteiger charge is -2.13. The number of Topliss-reactive ketones (excluding diaryl/α,β-unsaturated/α-hetero) is 1. The van der Waals surface area contributed by atoms with Crippen LogP contribution in [0.2, 0.25) is 0 Å². The molecule has 0 aliphatic rings. The van der Waals surface area contributed by atoms with Crippen LogP contribution in [0.15, 0.2) is 0 Å². The second-order valence-corrected chi connectivity index (χ2v) is 4.39. The van der Waals surface area contributed by atoms with Crippen LogP contribution in [0.1, 0.15) is 13.8 Å². The maximum atomic E-state index is 10.8. The van der Waals surface area contributed by atoms with Crippen LogP contribution < -0.4 is 0 Å². The first-order valence-electron chi connectivity index (χ1n) is 3.41. The summed E-state index contributed by atoms with van der Waals surface area (Å²) in [6.07, 6.45) is 0. The van der Waals surface area contributed by atoms with Gasteiger partial charge >= 0.3 is 5.97 Å². The summed E-state index contributed by atoms with van der Waals surface area (Å²) in [7, 11) is -4.64. The van der Waals surface area contributed by atoms with E-state index in [1.165, 1.54) is 13.8 Å². The molecule has 0 saturated heterocycles. The zero-order valence-corrected chi connectivity index (χ0v) is 7.91. The third-order valence-corrected chi connectivity index (χ3v) is 2.80. The number of carbonyl (C=O) groups is 2. The van der Waals surface area contributed by atoms with E-state index in [4.69, 9.17) is 9.66 Å². The first-order valence-corrected chi connectivity index (χ1v) is 4.91. The lowest BCUT2D eigenvalue weighted by atomic mass is 10.1. The van der Waals surface area contributed by atoms with Gasteiger partial charge in [-0.25, -0.2) is 4.79 Å². The van der Waals surface area contributed by atoms with E-state index >= 15 is 0 Å². The fraction of sp³-hybridized carbons (Fsp3) is 0.667. The SMILES string of the molecule is CC(C)C(C(=O)C(=O)O)S(=O)(=O)O. The Bertz CT molecular complexity index is 314. The highest BCUT2D eigenvalue weighted by atomic mass is 32.2. The Balaban J connectivity index is 5.07. The molecule has 6 nitrogen and oxygen atoms in total. The summed E-state index contributed by atoms with van der Waals surface area (Å²) in [4.78, 5) is 21.0. The number of rotatable bonds is 4. The molecule has 0 radical (unpaired) electrons. The van der Waals surface area contributed by atoms with Crippen LogP contribution in [-0.2, 0) is 19.7 Å². The van der Waals surface area contributed by atoms with Crippen molar-refractivity contribution in [1.82, 2.24) is 0 Å². The number of hydrogen-bond donors (Lipinski definition) is 2. The Morgan fingerprint density at radius 1 is 1.23 bits per heavy atom. The van der Waals surface area contributed by atoms with Crippen molar-refractivity contribution in [3.05, 3.63) is 0 Å². The predicted octanol–water partition coefficient (Wildman–Crippen LogP) is -0.447. The Kier molecular flexibility index (Phi) is 3.56. The molecule has 0 rings (SSSR count). The molecule has 0 saturated carbocycles. The maximum absolute atomic E-state index is 10.8. The minimum Gasteiger partial charge on any atom is -0.475 e. The lowest BCUT2D eigenvalue weighted by molar-refractivity contribution is -0.149. The van der Waals surface area contributed by atoms with Crippen molar-refractivity contribution in [3.8, 4) is 0 Å². The van der Waals surface area contributed by atoms with Gasteiger partial charge in [-0.05, 0) is 5.92 Å². The van der Waals surface area contributed by atoms with Gasteiger partial charge in [-0.15, -0.1) is 0 Å². The predicted molar refractivity (Wildman–Crippen MR) is 42.8 cm³/mol. The minimum atomic E-state index is -4.64. The number of carboxylic acid groups (broad SMARTS) is 1. The molecule has 1 atom stereocenters. The molecule has 0 bridgehead atoms. The lowest BCUT2D eigenvalue weighted by Crippen LogP contribution is -2.39. The quantitative estimate of drug-likeness (QED) is 0.480. The van der Waals surface area contributed by atoms with E-state index in [0.29, 0.717) is 0 Å². The van der Waals surface area contributed by atoms with Gasteiger partial charge in [0, 0.05) is 0 Å².